The number of H-pyrrole nitrogens is 2. The van der Waals surface area contributed by atoms with Gasteiger partial charge in [0.1, 0.15) is 6.10 Å². The maximum absolute atomic E-state index is 11.5. The number of nitrogens with zero attached hydrogens (tertiary/aromatic N) is 1. The standard InChI is InChI=1S/C11H13N3O3/c15-5-6-1-2-8(17-6)9-7-3-4-12-11(16)10(7)14-13-9/h3-4,6,8,15H,1-2,5H2,(H,12,16)(H,13,14)/t6-,8+/m0/s1. The highest BCUT2D eigenvalue weighted by Gasteiger charge is 2.28. The number of pyridine rings is 1. The molecule has 0 amide bonds. The molecule has 3 rings (SSSR count). The van der Waals surface area contributed by atoms with E-state index in [9.17, 15) is 4.79 Å². The Balaban J connectivity index is 2.02. The van der Waals surface area contributed by atoms with Gasteiger partial charge in [0.2, 0.25) is 0 Å². The first-order valence-corrected chi connectivity index (χ1v) is 5.61. The van der Waals surface area contributed by atoms with Crippen LogP contribution in [0.25, 0.3) is 10.9 Å². The molecule has 3 heterocycles. The van der Waals surface area contributed by atoms with E-state index in [1.807, 2.05) is 6.07 Å². The Morgan fingerprint density at radius 1 is 1.53 bits per heavy atom. The molecule has 0 spiro atoms. The summed E-state index contributed by atoms with van der Waals surface area (Å²) in [7, 11) is 0. The van der Waals surface area contributed by atoms with E-state index in [0.29, 0.717) is 5.52 Å². The smallest absolute Gasteiger partial charge is 0.276 e. The molecule has 2 atom stereocenters. The third-order valence-corrected chi connectivity index (χ3v) is 3.15. The van der Waals surface area contributed by atoms with Crippen molar-refractivity contribution in [3.05, 3.63) is 28.3 Å². The number of aromatic nitrogens is 3. The highest BCUT2D eigenvalue weighted by molar-refractivity contribution is 5.80. The summed E-state index contributed by atoms with van der Waals surface area (Å²) >= 11 is 0. The van der Waals surface area contributed by atoms with Crippen molar-refractivity contribution in [1.82, 2.24) is 15.2 Å². The molecule has 0 unspecified atom stereocenters. The summed E-state index contributed by atoms with van der Waals surface area (Å²) < 4.78 is 5.67. The van der Waals surface area contributed by atoms with Gasteiger partial charge in [-0.1, -0.05) is 0 Å². The van der Waals surface area contributed by atoms with E-state index in [1.165, 1.54) is 0 Å². The van der Waals surface area contributed by atoms with E-state index in [-0.39, 0.29) is 24.4 Å². The molecule has 2 aromatic heterocycles. The number of nitrogens with one attached hydrogen (secondary N) is 2. The molecule has 6 nitrogen and oxygen atoms in total. The number of hydrogen-bond donors (Lipinski definition) is 3. The molecule has 1 aliphatic heterocycles. The van der Waals surface area contributed by atoms with E-state index >= 15 is 0 Å². The van der Waals surface area contributed by atoms with Gasteiger partial charge in [0.25, 0.3) is 5.56 Å². The Morgan fingerprint density at radius 3 is 3.18 bits per heavy atom. The highest BCUT2D eigenvalue weighted by Crippen LogP contribution is 2.34. The van der Waals surface area contributed by atoms with Crippen LogP contribution in [0.1, 0.15) is 24.6 Å². The molecule has 90 valence electrons. The molecule has 1 fully saturated rings. The fourth-order valence-electron chi connectivity index (χ4n) is 2.27. The van der Waals surface area contributed by atoms with Crippen LogP contribution in [0.15, 0.2) is 17.1 Å². The quantitative estimate of drug-likeness (QED) is 0.705. The molecule has 6 heteroatoms. The first-order chi connectivity index (χ1) is 8.29. The van der Waals surface area contributed by atoms with Crippen LogP contribution in [0.3, 0.4) is 0 Å². The van der Waals surface area contributed by atoms with Crippen LogP contribution >= 0.6 is 0 Å². The van der Waals surface area contributed by atoms with Gasteiger partial charge in [-0.25, -0.2) is 0 Å². The maximum Gasteiger partial charge on any atom is 0.276 e. The van der Waals surface area contributed by atoms with Gasteiger partial charge in [0.15, 0.2) is 5.52 Å². The van der Waals surface area contributed by atoms with Gasteiger partial charge in [-0.3, -0.25) is 9.89 Å². The van der Waals surface area contributed by atoms with Crippen LogP contribution in [0.2, 0.25) is 0 Å². The maximum atomic E-state index is 11.5. The van der Waals surface area contributed by atoms with E-state index < -0.39 is 0 Å². The van der Waals surface area contributed by atoms with E-state index in [1.54, 1.807) is 6.20 Å². The number of aliphatic hydroxyl groups excluding tert-OH is 1. The van der Waals surface area contributed by atoms with E-state index in [2.05, 4.69) is 15.2 Å². The van der Waals surface area contributed by atoms with E-state index in [4.69, 9.17) is 9.84 Å². The molecule has 17 heavy (non-hydrogen) atoms. The summed E-state index contributed by atoms with van der Waals surface area (Å²) in [5, 5.41) is 16.7. The highest BCUT2D eigenvalue weighted by atomic mass is 16.5. The summed E-state index contributed by atoms with van der Waals surface area (Å²) in [4.78, 5) is 14.1. The second-order valence-corrected chi connectivity index (χ2v) is 4.21. The van der Waals surface area contributed by atoms with Crippen LogP contribution in [0.5, 0.6) is 0 Å². The van der Waals surface area contributed by atoms with Crippen molar-refractivity contribution < 1.29 is 9.84 Å². The Labute approximate surface area is 96.6 Å². The van der Waals surface area contributed by atoms with Crippen LogP contribution < -0.4 is 5.56 Å². The van der Waals surface area contributed by atoms with Gasteiger partial charge in [-0.2, -0.15) is 5.10 Å². The van der Waals surface area contributed by atoms with Crippen molar-refractivity contribution in [3.8, 4) is 0 Å². The number of aliphatic hydroxyl groups is 1. The fourth-order valence-corrected chi connectivity index (χ4v) is 2.27. The number of rotatable bonds is 2. The largest absolute Gasteiger partial charge is 0.394 e. The minimum atomic E-state index is -0.207. The normalized spacial score (nSPS) is 24.5. The van der Waals surface area contributed by atoms with Gasteiger partial charge in [-0.05, 0) is 18.9 Å². The lowest BCUT2D eigenvalue weighted by atomic mass is 10.1. The van der Waals surface area contributed by atoms with Crippen molar-refractivity contribution in [2.75, 3.05) is 6.61 Å². The van der Waals surface area contributed by atoms with Crippen LogP contribution in [-0.4, -0.2) is 33.0 Å². The summed E-state index contributed by atoms with van der Waals surface area (Å²) in [5.41, 5.74) is 1.02. The second-order valence-electron chi connectivity index (χ2n) is 4.21. The first kappa shape index (κ1) is 10.5. The number of aromatic amines is 2. The second kappa shape index (κ2) is 3.97. The average Bonchev–Trinajstić information content (AvgIpc) is 2.94. The molecular formula is C11H13N3O3. The van der Waals surface area contributed by atoms with Crippen LogP contribution in [-0.2, 0) is 4.74 Å². The van der Waals surface area contributed by atoms with Crippen LogP contribution in [0, 0.1) is 0 Å². The van der Waals surface area contributed by atoms with Gasteiger partial charge >= 0.3 is 0 Å². The van der Waals surface area contributed by atoms with Crippen molar-refractivity contribution in [2.45, 2.75) is 25.0 Å². The number of hydrogen-bond acceptors (Lipinski definition) is 4. The molecule has 0 saturated carbocycles. The molecule has 0 aromatic carbocycles. The monoisotopic (exact) mass is 235 g/mol. The SMILES string of the molecule is O=c1[nH]ccc2c([C@H]3CC[C@@H](CO)O3)[nH]nc12. The predicted octanol–water partition coefficient (Wildman–Crippen LogP) is 0.464. The van der Waals surface area contributed by atoms with Crippen molar-refractivity contribution in [1.29, 1.82) is 0 Å². The summed E-state index contributed by atoms with van der Waals surface area (Å²) in [6.45, 7) is 0.0309. The van der Waals surface area contributed by atoms with Crippen LogP contribution in [0.4, 0.5) is 0 Å². The Kier molecular flexibility index (Phi) is 2.45. The first-order valence-electron chi connectivity index (χ1n) is 5.61. The van der Waals surface area contributed by atoms with Crippen molar-refractivity contribution >= 4 is 10.9 Å². The molecule has 2 aromatic rings. The van der Waals surface area contributed by atoms with Gasteiger partial charge in [-0.15, -0.1) is 0 Å². The topological polar surface area (TPSA) is 91.0 Å². The van der Waals surface area contributed by atoms with Crippen molar-refractivity contribution in [2.24, 2.45) is 0 Å². The molecule has 0 aliphatic carbocycles. The van der Waals surface area contributed by atoms with Gasteiger partial charge < -0.3 is 14.8 Å². The number of fused-ring (bicyclic) bond motifs is 1. The number of ether oxygens (including phenoxy) is 1. The minimum Gasteiger partial charge on any atom is -0.394 e. The zero-order chi connectivity index (χ0) is 11.8. The Hall–Kier alpha value is -1.66. The zero-order valence-corrected chi connectivity index (χ0v) is 9.14. The third-order valence-electron chi connectivity index (χ3n) is 3.15. The van der Waals surface area contributed by atoms with Gasteiger partial charge in [0.05, 0.1) is 18.4 Å². The predicted molar refractivity (Wildman–Crippen MR) is 60.6 cm³/mol. The zero-order valence-electron chi connectivity index (χ0n) is 9.14. The van der Waals surface area contributed by atoms with E-state index in [0.717, 1.165) is 23.9 Å². The third kappa shape index (κ3) is 1.65. The molecule has 3 N–H and O–H groups in total. The summed E-state index contributed by atoms with van der Waals surface area (Å²) in [6, 6.07) is 1.81. The Morgan fingerprint density at radius 2 is 2.41 bits per heavy atom. The lowest BCUT2D eigenvalue weighted by Crippen LogP contribution is -2.11. The molecule has 0 bridgehead atoms. The molecule has 1 aliphatic rings. The summed E-state index contributed by atoms with van der Waals surface area (Å²) in [6.07, 6.45) is 3.03. The molecule has 0 radical (unpaired) electrons. The summed E-state index contributed by atoms with van der Waals surface area (Å²) in [5.74, 6) is 0. The average molecular weight is 235 g/mol. The molecule has 1 saturated heterocycles. The fraction of sp³-hybridized carbons (Fsp3) is 0.455. The lowest BCUT2D eigenvalue weighted by molar-refractivity contribution is 0.00979. The minimum absolute atomic E-state index is 0.0309. The molecular weight excluding hydrogens is 222 g/mol. The Bertz CT molecular complexity index is 589. The van der Waals surface area contributed by atoms with Gasteiger partial charge in [0, 0.05) is 11.6 Å². The lowest BCUT2D eigenvalue weighted by Gasteiger charge is -2.10. The van der Waals surface area contributed by atoms with Crippen molar-refractivity contribution in [3.63, 3.8) is 0 Å².